The van der Waals surface area contributed by atoms with Gasteiger partial charge in [-0.1, -0.05) is 77.3 Å². The van der Waals surface area contributed by atoms with Crippen molar-refractivity contribution in [1.82, 2.24) is 10.6 Å². The molecule has 0 radical (unpaired) electrons. The lowest BCUT2D eigenvalue weighted by molar-refractivity contribution is -0.156. The first-order valence-electron chi connectivity index (χ1n) is 12.8. The van der Waals surface area contributed by atoms with E-state index in [-0.39, 0.29) is 37.1 Å². The second kappa shape index (κ2) is 17.7. The molecule has 0 aliphatic heterocycles. The number of carboxylic acids is 1. The van der Waals surface area contributed by atoms with Crippen LogP contribution in [0.3, 0.4) is 0 Å². The number of halogens is 1. The van der Waals surface area contributed by atoms with Gasteiger partial charge in [0.2, 0.25) is 11.8 Å². The van der Waals surface area contributed by atoms with Crippen molar-refractivity contribution in [3.8, 4) is 0 Å². The van der Waals surface area contributed by atoms with Crippen molar-refractivity contribution in [3.63, 3.8) is 0 Å². The van der Waals surface area contributed by atoms with Crippen molar-refractivity contribution in [3.05, 3.63) is 35.9 Å². The molecule has 1 rings (SSSR count). The molecule has 37 heavy (non-hydrogen) atoms. The van der Waals surface area contributed by atoms with E-state index in [0.717, 1.165) is 31.2 Å². The summed E-state index contributed by atoms with van der Waals surface area (Å²) in [7, 11) is 0. The maximum Gasteiger partial charge on any atom is 0.325 e. The number of hydrogen-bond donors (Lipinski definition) is 4. The zero-order valence-corrected chi connectivity index (χ0v) is 23.4. The smallest absolute Gasteiger partial charge is 0.325 e. The Morgan fingerprint density at radius 1 is 1.00 bits per heavy atom. The van der Waals surface area contributed by atoms with Gasteiger partial charge in [0, 0.05) is 6.42 Å². The van der Waals surface area contributed by atoms with Gasteiger partial charge in [-0.15, -0.1) is 12.4 Å². The summed E-state index contributed by atoms with van der Waals surface area (Å²) >= 11 is 0. The van der Waals surface area contributed by atoms with Crippen LogP contribution in [0.1, 0.15) is 72.3 Å². The number of carboxylic acid groups (broad SMARTS) is 1. The molecule has 0 heterocycles. The van der Waals surface area contributed by atoms with Gasteiger partial charge in [0.15, 0.2) is 0 Å². The van der Waals surface area contributed by atoms with E-state index in [0.29, 0.717) is 0 Å². The van der Waals surface area contributed by atoms with Gasteiger partial charge < -0.3 is 26.2 Å². The van der Waals surface area contributed by atoms with Crippen molar-refractivity contribution in [2.24, 2.45) is 17.6 Å². The van der Waals surface area contributed by atoms with Gasteiger partial charge in [-0.3, -0.25) is 19.2 Å². The molecule has 9 nitrogen and oxygen atoms in total. The van der Waals surface area contributed by atoms with Gasteiger partial charge in [-0.2, -0.15) is 0 Å². The molecule has 0 spiro atoms. The second-order valence-corrected chi connectivity index (χ2v) is 9.59. The van der Waals surface area contributed by atoms with E-state index in [1.165, 1.54) is 6.92 Å². The number of benzene rings is 1. The minimum Gasteiger partial charge on any atom is -0.480 e. The van der Waals surface area contributed by atoms with Gasteiger partial charge in [-0.25, -0.2) is 0 Å². The topological polar surface area (TPSA) is 148 Å². The Morgan fingerprint density at radius 2 is 1.62 bits per heavy atom. The minimum atomic E-state index is -1.18. The molecule has 0 aliphatic rings. The minimum absolute atomic E-state index is 0. The van der Waals surface area contributed by atoms with Crippen LogP contribution in [0, 0.1) is 11.8 Å². The number of nitrogens with two attached hydrogens (primary N) is 1. The summed E-state index contributed by atoms with van der Waals surface area (Å²) in [6.07, 6.45) is 2.72. The molecule has 10 heteroatoms. The number of aliphatic carboxylic acids is 1. The van der Waals surface area contributed by atoms with Crippen LogP contribution in [0.25, 0.3) is 0 Å². The number of ether oxygens (including phenoxy) is 1. The van der Waals surface area contributed by atoms with Gasteiger partial charge in [0.05, 0.1) is 6.42 Å². The number of hydrogen-bond acceptors (Lipinski definition) is 6. The number of unbranched alkanes of at least 4 members (excludes halogenated alkanes) is 1. The molecule has 1 aromatic rings. The summed E-state index contributed by atoms with van der Waals surface area (Å²) in [5.74, 6) is -2.94. The van der Waals surface area contributed by atoms with Crippen LogP contribution in [-0.2, 0) is 30.3 Å². The Morgan fingerprint density at radius 3 is 2.16 bits per heavy atom. The van der Waals surface area contributed by atoms with E-state index >= 15 is 0 Å². The van der Waals surface area contributed by atoms with E-state index < -0.39 is 48.0 Å². The SMILES string of the molecule is CCCC[C@@H](C)[C@@H](CC(=O)N[C@@H](Cc1ccccc1)C(=O)N[C@@H](C)C(=O)O)OC(=O)[C@H](N)[C@@H](C)CC.Cl. The van der Waals surface area contributed by atoms with Crippen molar-refractivity contribution < 1.29 is 29.0 Å². The predicted octanol–water partition coefficient (Wildman–Crippen LogP) is 3.23. The first-order chi connectivity index (χ1) is 17.0. The van der Waals surface area contributed by atoms with Crippen LogP contribution in [-0.4, -0.2) is 53.1 Å². The molecule has 0 bridgehead atoms. The van der Waals surface area contributed by atoms with Crippen molar-refractivity contribution in [2.45, 2.75) is 97.4 Å². The number of carbonyl (C=O) groups is 4. The number of esters is 1. The fraction of sp³-hybridized carbons (Fsp3) is 0.630. The number of amides is 2. The lowest BCUT2D eigenvalue weighted by Crippen LogP contribution is -2.52. The van der Waals surface area contributed by atoms with Crippen LogP contribution in [0.4, 0.5) is 0 Å². The Bertz CT molecular complexity index is 854. The molecule has 5 N–H and O–H groups in total. The molecule has 0 aliphatic carbocycles. The Hall–Kier alpha value is -2.65. The summed E-state index contributed by atoms with van der Waals surface area (Å²) in [5, 5.41) is 14.3. The maximum absolute atomic E-state index is 13.1. The largest absolute Gasteiger partial charge is 0.480 e. The van der Waals surface area contributed by atoms with Crippen LogP contribution in [0.5, 0.6) is 0 Å². The van der Waals surface area contributed by atoms with Gasteiger partial charge in [-0.05, 0) is 30.7 Å². The summed E-state index contributed by atoms with van der Waals surface area (Å²) < 4.78 is 5.72. The maximum atomic E-state index is 13.1. The molecule has 0 unspecified atom stereocenters. The monoisotopic (exact) mass is 541 g/mol. The highest BCUT2D eigenvalue weighted by Gasteiger charge is 2.31. The summed E-state index contributed by atoms with van der Waals surface area (Å²) in [4.78, 5) is 49.8. The number of carbonyl (C=O) groups excluding carboxylic acids is 3. The summed E-state index contributed by atoms with van der Waals surface area (Å²) in [6, 6.07) is 6.22. The molecular weight excluding hydrogens is 498 g/mol. The number of nitrogens with one attached hydrogen (secondary N) is 2. The third kappa shape index (κ3) is 12.4. The Kier molecular flexibility index (Phi) is 16.5. The van der Waals surface area contributed by atoms with Gasteiger partial charge in [0.1, 0.15) is 24.2 Å². The van der Waals surface area contributed by atoms with E-state index in [9.17, 15) is 19.2 Å². The predicted molar refractivity (Wildman–Crippen MR) is 145 cm³/mol. The quantitative estimate of drug-likeness (QED) is 0.235. The molecule has 1 aromatic carbocycles. The standard InChI is InChI=1S/C27H43N3O6.ClH/c1-6-8-12-18(4)22(36-27(35)24(28)17(3)7-2)16-23(31)30-21(15-20-13-10-9-11-14-20)25(32)29-19(5)26(33)34;/h9-11,13-14,17-19,21-22,24H,6-8,12,15-16,28H2,1-5H3,(H,29,32)(H,30,31)(H,33,34);1H/t17-,18+,19-,21-,22+,24+;/m0./s1. The second-order valence-electron chi connectivity index (χ2n) is 9.59. The van der Waals surface area contributed by atoms with E-state index in [2.05, 4.69) is 17.6 Å². The first kappa shape index (κ1) is 34.4. The lowest BCUT2D eigenvalue weighted by Gasteiger charge is -2.27. The normalized spacial score (nSPS) is 15.6. The average Bonchev–Trinajstić information content (AvgIpc) is 2.85. The zero-order chi connectivity index (χ0) is 27.3. The molecule has 0 saturated carbocycles. The third-order valence-electron chi connectivity index (χ3n) is 6.49. The van der Waals surface area contributed by atoms with E-state index in [4.69, 9.17) is 15.6 Å². The van der Waals surface area contributed by atoms with Crippen LogP contribution < -0.4 is 16.4 Å². The van der Waals surface area contributed by atoms with Gasteiger partial charge >= 0.3 is 11.9 Å². The van der Waals surface area contributed by atoms with Crippen molar-refractivity contribution in [1.29, 1.82) is 0 Å². The fourth-order valence-electron chi connectivity index (χ4n) is 3.66. The van der Waals surface area contributed by atoms with Gasteiger partial charge in [0.25, 0.3) is 0 Å². The fourth-order valence-corrected chi connectivity index (χ4v) is 3.66. The van der Waals surface area contributed by atoms with Crippen LogP contribution in [0.2, 0.25) is 0 Å². The van der Waals surface area contributed by atoms with E-state index in [1.54, 1.807) is 0 Å². The molecule has 0 aromatic heterocycles. The molecule has 6 atom stereocenters. The third-order valence-corrected chi connectivity index (χ3v) is 6.49. The molecule has 210 valence electrons. The van der Waals surface area contributed by atoms with Crippen molar-refractivity contribution in [2.75, 3.05) is 0 Å². The zero-order valence-electron chi connectivity index (χ0n) is 22.6. The molecular formula is C27H44ClN3O6. The number of rotatable bonds is 16. The highest BCUT2D eigenvalue weighted by Crippen LogP contribution is 2.20. The summed E-state index contributed by atoms with van der Waals surface area (Å²) in [5.41, 5.74) is 6.86. The highest BCUT2D eigenvalue weighted by molar-refractivity contribution is 5.90. The highest BCUT2D eigenvalue weighted by atomic mass is 35.5. The molecule has 2 amide bonds. The molecule has 0 saturated heterocycles. The summed E-state index contributed by atoms with van der Waals surface area (Å²) in [6.45, 7) is 9.16. The molecule has 0 fully saturated rings. The Balaban J connectivity index is 0.0000130. The first-order valence-corrected chi connectivity index (χ1v) is 12.8. The lowest BCUT2D eigenvalue weighted by atomic mass is 9.94. The van der Waals surface area contributed by atoms with Crippen LogP contribution in [0.15, 0.2) is 30.3 Å². The van der Waals surface area contributed by atoms with Crippen molar-refractivity contribution >= 4 is 36.2 Å². The Labute approximate surface area is 226 Å². The van der Waals surface area contributed by atoms with Crippen LogP contribution >= 0.6 is 12.4 Å². The van der Waals surface area contributed by atoms with E-state index in [1.807, 2.05) is 51.1 Å². The average molecular weight is 542 g/mol.